The first kappa shape index (κ1) is 17.2. The molecule has 0 N–H and O–H groups in total. The molecule has 0 aromatic heterocycles. The number of nitro benzene ring substituents is 1. The van der Waals surface area contributed by atoms with Crippen LogP contribution in [0.15, 0.2) is 34.2 Å². The largest absolute Gasteiger partial charge is 0.347 e. The van der Waals surface area contributed by atoms with E-state index in [4.69, 9.17) is 0 Å². The van der Waals surface area contributed by atoms with E-state index in [-0.39, 0.29) is 17.5 Å². The van der Waals surface area contributed by atoms with E-state index in [9.17, 15) is 19.7 Å². The number of benzene rings is 1. The van der Waals surface area contributed by atoms with Crippen LogP contribution in [0.25, 0.3) is 6.08 Å². The molecular weight excluding hydrogens is 344 g/mol. The lowest BCUT2D eigenvalue weighted by Crippen LogP contribution is -2.49. The van der Waals surface area contributed by atoms with Gasteiger partial charge in [0.05, 0.1) is 9.83 Å². The van der Waals surface area contributed by atoms with Crippen LogP contribution in [0.2, 0.25) is 0 Å². The summed E-state index contributed by atoms with van der Waals surface area (Å²) in [5.41, 5.74) is 0.564. The lowest BCUT2D eigenvalue weighted by Gasteiger charge is -2.34. The van der Waals surface area contributed by atoms with E-state index in [2.05, 4.69) is 4.99 Å². The topological polar surface area (TPSA) is 96.1 Å². The maximum absolute atomic E-state index is 12.1. The summed E-state index contributed by atoms with van der Waals surface area (Å²) in [7, 11) is 0. The number of carbonyl (C=O) groups excluding carboxylic acids is 2. The molecule has 3 rings (SSSR count). The molecule has 0 spiro atoms. The van der Waals surface area contributed by atoms with Gasteiger partial charge in [-0.1, -0.05) is 12.1 Å². The Balaban J connectivity index is 1.70. The first-order valence-electron chi connectivity index (χ1n) is 7.71. The number of aliphatic imine (C=N–C) groups is 1. The molecule has 0 saturated carbocycles. The maximum atomic E-state index is 12.1. The summed E-state index contributed by atoms with van der Waals surface area (Å²) in [5, 5.41) is 11.5. The highest BCUT2D eigenvalue weighted by atomic mass is 32.2. The molecule has 2 aliphatic heterocycles. The van der Waals surface area contributed by atoms with E-state index in [1.165, 1.54) is 23.9 Å². The molecule has 2 amide bonds. The van der Waals surface area contributed by atoms with Gasteiger partial charge >= 0.3 is 0 Å². The van der Waals surface area contributed by atoms with Gasteiger partial charge in [0.1, 0.15) is 0 Å². The van der Waals surface area contributed by atoms with Crippen LogP contribution >= 0.6 is 11.8 Å². The van der Waals surface area contributed by atoms with Crippen LogP contribution in [0.3, 0.4) is 0 Å². The van der Waals surface area contributed by atoms with Crippen molar-refractivity contribution in [2.75, 3.05) is 26.2 Å². The molecule has 0 atom stereocenters. The Morgan fingerprint density at radius 2 is 2.04 bits per heavy atom. The van der Waals surface area contributed by atoms with Gasteiger partial charge in [0.25, 0.3) is 11.6 Å². The Morgan fingerprint density at radius 1 is 1.32 bits per heavy atom. The molecule has 1 aromatic carbocycles. The molecule has 0 aliphatic carbocycles. The number of amidine groups is 1. The smallest absolute Gasteiger partial charge is 0.286 e. The molecule has 2 heterocycles. The van der Waals surface area contributed by atoms with Crippen LogP contribution in [-0.4, -0.2) is 57.9 Å². The fourth-order valence-corrected chi connectivity index (χ4v) is 3.59. The third-order valence-electron chi connectivity index (χ3n) is 3.98. The highest BCUT2D eigenvalue weighted by Crippen LogP contribution is 2.31. The standard InChI is InChI=1S/C16H16N4O4S/c1-11(21)18-5-7-19(8-6-18)16-17-15(22)14(25-16)10-12-3-2-4-13(9-12)20(23)24/h2-4,9-10H,5-8H2,1H3/b14-10+. The van der Waals surface area contributed by atoms with Crippen molar-refractivity contribution < 1.29 is 14.5 Å². The third kappa shape index (κ3) is 3.87. The zero-order valence-electron chi connectivity index (χ0n) is 13.5. The predicted octanol–water partition coefficient (Wildman–Crippen LogP) is 1.73. The minimum Gasteiger partial charge on any atom is -0.347 e. The Bertz CT molecular complexity index is 797. The first-order valence-corrected chi connectivity index (χ1v) is 8.53. The fourth-order valence-electron chi connectivity index (χ4n) is 2.63. The summed E-state index contributed by atoms with van der Waals surface area (Å²) in [6, 6.07) is 6.11. The minimum absolute atomic E-state index is 0.0220. The zero-order valence-corrected chi connectivity index (χ0v) is 14.4. The number of carbonyl (C=O) groups is 2. The number of amides is 2. The second-order valence-corrected chi connectivity index (χ2v) is 6.66. The van der Waals surface area contributed by atoms with Crippen LogP contribution in [0, 0.1) is 10.1 Å². The molecule has 9 heteroatoms. The lowest BCUT2D eigenvalue weighted by atomic mass is 10.2. The molecular formula is C16H16N4O4S. The summed E-state index contributed by atoms with van der Waals surface area (Å²) in [6.45, 7) is 4.01. The minimum atomic E-state index is -0.470. The number of thioether (sulfide) groups is 1. The number of nitrogens with zero attached hydrogens (tertiary/aromatic N) is 4. The van der Waals surface area contributed by atoms with Crippen molar-refractivity contribution in [1.29, 1.82) is 0 Å². The SMILES string of the molecule is CC(=O)N1CCN(C2=NC(=O)/C(=C\c3cccc([N+](=O)[O-])c3)S2)CC1. The highest BCUT2D eigenvalue weighted by Gasteiger charge is 2.29. The second kappa shape index (κ2) is 7.06. The molecule has 0 bridgehead atoms. The van der Waals surface area contributed by atoms with Crippen molar-refractivity contribution in [3.05, 3.63) is 44.8 Å². The summed E-state index contributed by atoms with van der Waals surface area (Å²) in [4.78, 5) is 42.1. The molecule has 2 aliphatic rings. The Labute approximate surface area is 148 Å². The fraction of sp³-hybridized carbons (Fsp3) is 0.312. The summed E-state index contributed by atoms with van der Waals surface area (Å²) in [6.07, 6.45) is 1.61. The Hall–Kier alpha value is -2.68. The van der Waals surface area contributed by atoms with Crippen molar-refractivity contribution in [1.82, 2.24) is 9.80 Å². The van der Waals surface area contributed by atoms with E-state index in [1.807, 2.05) is 4.90 Å². The number of hydrogen-bond donors (Lipinski definition) is 0. The van der Waals surface area contributed by atoms with E-state index in [0.717, 1.165) is 0 Å². The van der Waals surface area contributed by atoms with Crippen LogP contribution in [0.4, 0.5) is 5.69 Å². The van der Waals surface area contributed by atoms with E-state index in [0.29, 0.717) is 41.8 Å². The van der Waals surface area contributed by atoms with Gasteiger partial charge in [0, 0.05) is 45.2 Å². The quantitative estimate of drug-likeness (QED) is 0.453. The molecule has 0 radical (unpaired) electrons. The maximum Gasteiger partial charge on any atom is 0.286 e. The van der Waals surface area contributed by atoms with Gasteiger partial charge < -0.3 is 9.80 Å². The van der Waals surface area contributed by atoms with E-state index >= 15 is 0 Å². The van der Waals surface area contributed by atoms with Gasteiger partial charge in [-0.3, -0.25) is 19.7 Å². The van der Waals surface area contributed by atoms with Gasteiger partial charge in [-0.05, 0) is 23.4 Å². The van der Waals surface area contributed by atoms with Crippen LogP contribution in [-0.2, 0) is 9.59 Å². The zero-order chi connectivity index (χ0) is 18.0. The number of rotatable bonds is 2. The van der Waals surface area contributed by atoms with Crippen molar-refractivity contribution in [2.24, 2.45) is 4.99 Å². The van der Waals surface area contributed by atoms with Gasteiger partial charge in [-0.2, -0.15) is 4.99 Å². The summed E-state index contributed by atoms with van der Waals surface area (Å²) >= 11 is 1.26. The summed E-state index contributed by atoms with van der Waals surface area (Å²) < 4.78 is 0. The van der Waals surface area contributed by atoms with E-state index < -0.39 is 4.92 Å². The van der Waals surface area contributed by atoms with Crippen LogP contribution in [0.1, 0.15) is 12.5 Å². The number of hydrogen-bond acceptors (Lipinski definition) is 6. The average molecular weight is 360 g/mol. The highest BCUT2D eigenvalue weighted by molar-refractivity contribution is 8.18. The van der Waals surface area contributed by atoms with Gasteiger partial charge in [0.2, 0.25) is 5.91 Å². The molecule has 130 valence electrons. The monoisotopic (exact) mass is 360 g/mol. The predicted molar refractivity (Wildman–Crippen MR) is 94.9 cm³/mol. The lowest BCUT2D eigenvalue weighted by molar-refractivity contribution is -0.384. The molecule has 0 unspecified atom stereocenters. The number of non-ortho nitro benzene ring substituents is 1. The Morgan fingerprint density at radius 3 is 2.68 bits per heavy atom. The molecule has 25 heavy (non-hydrogen) atoms. The Kier molecular flexibility index (Phi) is 4.84. The normalized spacial score (nSPS) is 19.3. The third-order valence-corrected chi connectivity index (χ3v) is 5.03. The average Bonchev–Trinajstić information content (AvgIpc) is 2.96. The van der Waals surface area contributed by atoms with Crippen LogP contribution < -0.4 is 0 Å². The number of nitro groups is 1. The van der Waals surface area contributed by atoms with Gasteiger partial charge in [0.15, 0.2) is 5.17 Å². The van der Waals surface area contributed by atoms with Crippen molar-refractivity contribution in [2.45, 2.75) is 6.92 Å². The van der Waals surface area contributed by atoms with E-state index in [1.54, 1.807) is 30.0 Å². The summed E-state index contributed by atoms with van der Waals surface area (Å²) in [5.74, 6) is -0.302. The molecule has 1 saturated heterocycles. The first-order chi connectivity index (χ1) is 11.9. The van der Waals surface area contributed by atoms with Crippen molar-refractivity contribution >= 4 is 40.5 Å². The van der Waals surface area contributed by atoms with Crippen molar-refractivity contribution in [3.63, 3.8) is 0 Å². The van der Waals surface area contributed by atoms with Crippen molar-refractivity contribution in [3.8, 4) is 0 Å². The molecule has 1 fully saturated rings. The second-order valence-electron chi connectivity index (χ2n) is 5.66. The van der Waals surface area contributed by atoms with Gasteiger partial charge in [-0.25, -0.2) is 0 Å². The molecule has 8 nitrogen and oxygen atoms in total. The number of piperazine rings is 1. The van der Waals surface area contributed by atoms with Crippen LogP contribution in [0.5, 0.6) is 0 Å². The molecule has 1 aromatic rings. The van der Waals surface area contributed by atoms with Gasteiger partial charge in [-0.15, -0.1) is 0 Å².